The molecule has 0 atom stereocenters. The molecule has 0 unspecified atom stereocenters. The van der Waals surface area contributed by atoms with Crippen LogP contribution in [0.25, 0.3) is 0 Å². The summed E-state index contributed by atoms with van der Waals surface area (Å²) in [7, 11) is -12.3. The van der Waals surface area contributed by atoms with Crippen LogP contribution >= 0.6 is 0 Å². The minimum atomic E-state index is -6.17. The van der Waals surface area contributed by atoms with Gasteiger partial charge in [-0.25, -0.2) is 0 Å². The zero-order valence-corrected chi connectivity index (χ0v) is 36.2. The zero-order valence-electron chi connectivity index (χ0n) is 25.1. The van der Waals surface area contributed by atoms with Gasteiger partial charge in [-0.2, -0.15) is 0 Å². The molecule has 0 aromatic rings. The number of nitrogens with zero attached hydrogens (tertiary/aromatic N) is 12. The monoisotopic (exact) mass is 880 g/mol. The van der Waals surface area contributed by atoms with Gasteiger partial charge in [-0.3, -0.25) is 0 Å². The van der Waals surface area contributed by atoms with Crippen molar-refractivity contribution < 1.29 is 108 Å². The van der Waals surface area contributed by atoms with Crippen LogP contribution in [0.5, 0.6) is 0 Å². The van der Waals surface area contributed by atoms with Gasteiger partial charge in [-0.15, -0.1) is 0 Å². The molecule has 0 radical (unpaired) electrons. The average molecular weight is 884 g/mol. The van der Waals surface area contributed by atoms with Gasteiger partial charge < -0.3 is 28.4 Å². The Kier molecular flexibility index (Phi) is 25.9. The smallest absolute Gasteiger partial charge is 2.00 e. The molecule has 0 bridgehead atoms. The van der Waals surface area contributed by atoms with Gasteiger partial charge in [0, 0.05) is 0 Å². The maximum atomic E-state index is 8.58. The summed E-state index contributed by atoms with van der Waals surface area (Å²) in [5.74, 6) is 0. The Bertz CT molecular complexity index is 1150. The Morgan fingerprint density at radius 1 is 0.234 bits per heavy atom. The molecule has 0 aliphatic carbocycles. The first-order valence-corrected chi connectivity index (χ1v) is 17.9. The molecule has 3 heterocycles. The Morgan fingerprint density at radius 3 is 0.340 bits per heavy atom. The summed E-state index contributed by atoms with van der Waals surface area (Å²) in [5, 5.41) is 103. The molecule has 0 saturated carbocycles. The summed E-state index contributed by atoms with van der Waals surface area (Å²) in [6.45, 7) is 9.33. The van der Waals surface area contributed by atoms with E-state index in [1.165, 1.54) is 0 Å². The maximum absolute atomic E-state index is 8.58. The Hall–Kier alpha value is -3.45. The first-order chi connectivity index (χ1) is 20.9. The molecule has 0 spiro atoms. The van der Waals surface area contributed by atoms with E-state index in [1.807, 2.05) is 0 Å². The van der Waals surface area contributed by atoms with Crippen LogP contribution in [0.15, 0.2) is 0 Å². The van der Waals surface area contributed by atoms with Crippen LogP contribution in [0.3, 0.4) is 0 Å². The normalized spacial score (nSPS) is 16.6. The van der Waals surface area contributed by atoms with Crippen molar-refractivity contribution in [1.82, 2.24) is 0 Å². The molecule has 0 aromatic carbocycles. The van der Waals surface area contributed by atoms with Crippen LogP contribution in [0.1, 0.15) is 0 Å². The molecule has 47 heavy (non-hydrogen) atoms. The van der Waals surface area contributed by atoms with Gasteiger partial charge in [-0.1, -0.05) is 0 Å². The molecule has 3 saturated heterocycles. The topological polar surface area (TPSA) is 341 Å². The predicted molar refractivity (Wildman–Crippen MR) is 132 cm³/mol. The summed E-state index contributed by atoms with van der Waals surface area (Å²) in [4.78, 5) is 12.4. The van der Waals surface area contributed by atoms with Crippen molar-refractivity contribution in [3.05, 3.63) is 0 Å². The average Bonchev–Trinajstić information content (AvgIpc) is 3.16. The third kappa shape index (κ3) is 12.6. The van der Waals surface area contributed by atoms with E-state index in [0.29, 0.717) is 0 Å². The summed E-state index contributed by atoms with van der Waals surface area (Å²) < 4.78 is 29.7. The van der Waals surface area contributed by atoms with Crippen molar-refractivity contribution >= 4 is 0 Å². The second kappa shape index (κ2) is 23.0. The first-order valence-electron chi connectivity index (χ1n) is 11.3. The Morgan fingerprint density at radius 2 is 0.319 bits per heavy atom. The van der Waals surface area contributed by atoms with E-state index in [2.05, 4.69) is 0 Å². The van der Waals surface area contributed by atoms with Crippen molar-refractivity contribution in [2.75, 3.05) is 79.3 Å². The molecule has 0 aromatic heterocycles. The molecule has 18 nitrogen and oxygen atoms in total. The quantitative estimate of drug-likeness (QED) is 0.295. The van der Waals surface area contributed by atoms with Crippen molar-refractivity contribution in [3.8, 4) is 59.6 Å². The molecule has 238 valence electrons. The van der Waals surface area contributed by atoms with Gasteiger partial charge in [0.05, 0.1) is 79.3 Å². The minimum Gasteiger partial charge on any atom is 2.00 e. The van der Waals surface area contributed by atoms with Crippen LogP contribution in [0.4, 0.5) is 0 Å². The van der Waals surface area contributed by atoms with Crippen molar-refractivity contribution in [1.29, 1.82) is 63.1 Å². The molecular formula is C24H24Fe2N12O6Zn3. The SMILES string of the molecule is C1COCCO1.C1COCCO1.C1COCCO1.N#[C][Fe-3]([C]#N)([C]#N)([C]#N)([C]#N)[C]#N.N#[C][Fe-3]([C]#N)([C]#N)([C]#N)([C]#N)[C]#N.[Zn+2].[Zn+2].[Zn+2]. The van der Waals surface area contributed by atoms with E-state index in [-0.39, 0.29) is 58.4 Å². The third-order valence-electron chi connectivity index (χ3n) is 4.60. The number of hydrogen-bond acceptors (Lipinski definition) is 18. The second-order valence-electron chi connectivity index (χ2n) is 7.27. The van der Waals surface area contributed by atoms with E-state index in [4.69, 9.17) is 91.6 Å². The Balaban J connectivity index is -0.000000160. The number of nitriles is 12. The number of rotatable bonds is 0. The number of hydrogen-bond donors (Lipinski definition) is 0. The molecule has 0 N–H and O–H groups in total. The molecule has 3 aliphatic heterocycles. The maximum Gasteiger partial charge on any atom is 2.00 e. The van der Waals surface area contributed by atoms with Crippen LogP contribution in [0.2, 0.25) is 0 Å². The van der Waals surface area contributed by atoms with Gasteiger partial charge in [-0.05, 0) is 0 Å². The largest absolute Gasteiger partial charge is 2.00 e. The summed E-state index contributed by atoms with van der Waals surface area (Å²) in [6, 6.07) is 0. The fourth-order valence-corrected chi connectivity index (χ4v) is 3.51. The minimum absolute atomic E-state index is 0. The number of ether oxygens (including phenoxy) is 6. The van der Waals surface area contributed by atoms with Crippen LogP contribution in [0, 0.1) is 123 Å². The summed E-state index contributed by atoms with van der Waals surface area (Å²) >= 11 is 0. The van der Waals surface area contributed by atoms with E-state index >= 15 is 0 Å². The molecular weight excluding hydrogens is 860 g/mol. The zero-order chi connectivity index (χ0) is 34.0. The molecule has 23 heteroatoms. The van der Waals surface area contributed by atoms with Crippen LogP contribution in [-0.4, -0.2) is 79.3 Å². The molecule has 3 rings (SSSR count). The van der Waals surface area contributed by atoms with Gasteiger partial charge in [0.2, 0.25) is 0 Å². The first kappa shape index (κ1) is 53.1. The molecule has 3 aliphatic rings. The van der Waals surface area contributed by atoms with Gasteiger partial charge in [0.1, 0.15) is 0 Å². The van der Waals surface area contributed by atoms with Gasteiger partial charge >= 0.3 is 203 Å². The van der Waals surface area contributed by atoms with Gasteiger partial charge in [0.25, 0.3) is 0 Å². The Labute approximate surface area is 308 Å². The third-order valence-corrected chi connectivity index (χ3v) is 12.0. The second-order valence-corrected chi connectivity index (χ2v) is 18.5. The van der Waals surface area contributed by atoms with E-state index in [9.17, 15) is 0 Å². The molecule has 0 amide bonds. The fourth-order valence-electron chi connectivity index (χ4n) is 1.85. The standard InChI is InChI=1S/3C4H8O2.12CN.2Fe.3Zn/c3*1-2-6-4-3-5-1;12*1-2;;;;;/h3*1-4H2;;;;;;;;;;;;;;;;;/q;;;;;;;;;;;;;;;2*-3;3*+2. The fraction of sp³-hybridized carbons (Fsp3) is 0.500. The molecule has 3 fully saturated rings. The van der Waals surface area contributed by atoms with Crippen molar-refractivity contribution in [3.63, 3.8) is 0 Å². The van der Waals surface area contributed by atoms with E-state index < -0.39 is 21.5 Å². The van der Waals surface area contributed by atoms with Gasteiger partial charge in [0.15, 0.2) is 0 Å². The van der Waals surface area contributed by atoms with E-state index in [1.54, 1.807) is 0 Å². The van der Waals surface area contributed by atoms with Crippen molar-refractivity contribution in [2.24, 2.45) is 0 Å². The van der Waals surface area contributed by atoms with Crippen molar-refractivity contribution in [2.45, 2.75) is 0 Å². The van der Waals surface area contributed by atoms with Crippen LogP contribution in [-0.2, 0) is 108 Å². The summed E-state index contributed by atoms with van der Waals surface area (Å²) in [5.41, 5.74) is 0. The summed E-state index contributed by atoms with van der Waals surface area (Å²) in [6.07, 6.45) is 0. The predicted octanol–water partition coefficient (Wildman–Crippen LogP) is 0.288. The van der Waals surface area contributed by atoms with E-state index in [0.717, 1.165) is 139 Å². The van der Waals surface area contributed by atoms with Crippen LogP contribution < -0.4 is 0 Å².